The van der Waals surface area contributed by atoms with E-state index >= 15 is 0 Å². The van der Waals surface area contributed by atoms with Gasteiger partial charge in [-0.25, -0.2) is 4.79 Å². The van der Waals surface area contributed by atoms with Gasteiger partial charge in [-0.15, -0.1) is 0 Å². The van der Waals surface area contributed by atoms with Crippen molar-refractivity contribution in [3.63, 3.8) is 0 Å². The van der Waals surface area contributed by atoms with Gasteiger partial charge in [0.25, 0.3) is 0 Å². The first kappa shape index (κ1) is 13.8. The van der Waals surface area contributed by atoms with Gasteiger partial charge in [0.1, 0.15) is 0 Å². The molecule has 0 atom stereocenters. The number of carbonyl (C=O) groups is 1. The highest BCUT2D eigenvalue weighted by Crippen LogP contribution is 2.13. The van der Waals surface area contributed by atoms with E-state index in [-0.39, 0.29) is 0 Å². The lowest BCUT2D eigenvalue weighted by molar-refractivity contribution is -0.566. The average Bonchev–Trinajstić information content (AvgIpc) is 2.25. The second-order valence-corrected chi connectivity index (χ2v) is 2.87. The highest BCUT2D eigenvalue weighted by atomic mass is 16.6. The fourth-order valence-corrected chi connectivity index (χ4v) is 0.814. The molecule has 0 aromatic rings. The highest BCUT2D eigenvalue weighted by Gasteiger charge is 2.46. The normalized spacial score (nSPS) is 10.2. The van der Waals surface area contributed by atoms with Crippen LogP contribution in [0.25, 0.3) is 0 Å². The number of hydrogen-bond acceptors (Lipinski definition) is 8. The van der Waals surface area contributed by atoms with E-state index in [1.807, 2.05) is 0 Å². The van der Waals surface area contributed by atoms with E-state index in [1.54, 1.807) is 0 Å². The van der Waals surface area contributed by atoms with E-state index in [4.69, 9.17) is 0 Å². The molecule has 0 aliphatic carbocycles. The fraction of sp³-hybridized carbons (Fsp3) is 0.571. The van der Waals surface area contributed by atoms with E-state index in [9.17, 15) is 24.7 Å². The molecule has 16 heavy (non-hydrogen) atoms. The Labute approximate surface area is 89.6 Å². The summed E-state index contributed by atoms with van der Waals surface area (Å²) in [5.41, 5.74) is -2.10. The van der Waals surface area contributed by atoms with Gasteiger partial charge in [0.2, 0.25) is 0 Å². The van der Waals surface area contributed by atoms with Gasteiger partial charge < -0.3 is 4.74 Å². The van der Waals surface area contributed by atoms with Crippen molar-refractivity contribution < 1.29 is 14.5 Å². The Morgan fingerprint density at radius 2 is 1.94 bits per heavy atom. The minimum absolute atomic E-state index is 0.762. The van der Waals surface area contributed by atoms with Crippen LogP contribution < -0.4 is 0 Å². The lowest BCUT2D eigenvalue weighted by atomic mass is 10.0. The van der Waals surface area contributed by atoms with E-state index in [0.717, 1.165) is 6.08 Å². The first-order chi connectivity index (χ1) is 7.52. The zero-order valence-electron chi connectivity index (χ0n) is 8.20. The van der Waals surface area contributed by atoms with Gasteiger partial charge in [0, 0.05) is 11.0 Å². The second-order valence-electron chi connectivity index (χ2n) is 2.87. The van der Waals surface area contributed by atoms with Crippen molar-refractivity contribution in [1.82, 2.24) is 0 Å². The Bertz CT molecular complexity index is 305. The molecule has 0 aliphatic rings. The molecule has 0 spiro atoms. The maximum atomic E-state index is 10.7. The molecule has 0 heterocycles. The predicted molar refractivity (Wildman–Crippen MR) is 52.2 cm³/mol. The van der Waals surface area contributed by atoms with Crippen molar-refractivity contribution in [2.24, 2.45) is 10.4 Å². The molecular weight excluding hydrogens is 222 g/mol. The fourth-order valence-electron chi connectivity index (χ4n) is 0.814. The SMILES string of the molecule is C=CC(=O)OCC(CN=O)(CN=O)[N+](=O)[O-]. The molecule has 0 aliphatic heterocycles. The van der Waals surface area contributed by atoms with Crippen LogP contribution in [0.1, 0.15) is 0 Å². The zero-order valence-corrected chi connectivity index (χ0v) is 8.20. The molecule has 0 bridgehead atoms. The summed E-state index contributed by atoms with van der Waals surface area (Å²) in [6.07, 6.45) is 0.799. The summed E-state index contributed by atoms with van der Waals surface area (Å²) in [6.45, 7) is 0.703. The van der Waals surface area contributed by atoms with Crippen molar-refractivity contribution in [2.75, 3.05) is 19.7 Å². The van der Waals surface area contributed by atoms with E-state index in [2.05, 4.69) is 21.7 Å². The summed E-state index contributed by atoms with van der Waals surface area (Å²) in [5.74, 6) is -0.900. The average molecular weight is 231 g/mol. The minimum atomic E-state index is -2.10. The highest BCUT2D eigenvalue weighted by molar-refractivity contribution is 5.81. The molecule has 9 heteroatoms. The Morgan fingerprint density at radius 1 is 1.44 bits per heavy atom. The van der Waals surface area contributed by atoms with E-state index in [0.29, 0.717) is 0 Å². The molecule has 0 unspecified atom stereocenters. The quantitative estimate of drug-likeness (QED) is 0.194. The molecule has 0 rings (SSSR count). The number of nitro groups is 1. The summed E-state index contributed by atoms with van der Waals surface area (Å²) in [6, 6.07) is 0. The van der Waals surface area contributed by atoms with Crippen LogP contribution >= 0.6 is 0 Å². The number of nitroso groups, excluding NO2 is 2. The van der Waals surface area contributed by atoms with Crippen molar-refractivity contribution in [1.29, 1.82) is 0 Å². The van der Waals surface area contributed by atoms with Crippen LogP contribution in [0.3, 0.4) is 0 Å². The summed E-state index contributed by atoms with van der Waals surface area (Å²) in [5, 5.41) is 15.4. The topological polar surface area (TPSA) is 128 Å². The van der Waals surface area contributed by atoms with Crippen molar-refractivity contribution in [2.45, 2.75) is 5.54 Å². The number of carbonyl (C=O) groups excluding carboxylic acids is 1. The maximum Gasteiger partial charge on any atom is 0.330 e. The Hall–Kier alpha value is -2.19. The molecule has 9 nitrogen and oxygen atoms in total. The predicted octanol–water partition coefficient (Wildman–Crippen LogP) is 0.264. The first-order valence-corrected chi connectivity index (χ1v) is 4.04. The third-order valence-electron chi connectivity index (χ3n) is 1.75. The monoisotopic (exact) mass is 231 g/mol. The number of rotatable bonds is 8. The van der Waals surface area contributed by atoms with Gasteiger partial charge in [0.05, 0.1) is 0 Å². The second kappa shape index (κ2) is 6.32. The van der Waals surface area contributed by atoms with E-state index in [1.165, 1.54) is 0 Å². The Balaban J connectivity index is 4.79. The standard InChI is InChI=1S/C7H9N3O6/c1-2-6(11)16-5-7(3-8-12,4-9-13)10(14)15/h2H,1,3-5H2. The Kier molecular flexibility index (Phi) is 5.46. The summed E-state index contributed by atoms with van der Waals surface area (Å²) >= 11 is 0. The largest absolute Gasteiger partial charge is 0.455 e. The van der Waals surface area contributed by atoms with Crippen LogP contribution in [0.15, 0.2) is 23.0 Å². The third-order valence-corrected chi connectivity index (χ3v) is 1.75. The minimum Gasteiger partial charge on any atom is -0.455 e. The van der Waals surface area contributed by atoms with Gasteiger partial charge in [-0.3, -0.25) is 10.1 Å². The molecule has 0 radical (unpaired) electrons. The molecule has 0 aromatic heterocycles. The Morgan fingerprint density at radius 3 is 2.25 bits per heavy atom. The van der Waals surface area contributed by atoms with Crippen LogP contribution in [0.4, 0.5) is 0 Å². The molecule has 0 fully saturated rings. The van der Waals surface area contributed by atoms with E-state index < -0.39 is 36.1 Å². The number of hydrogen-bond donors (Lipinski definition) is 0. The third kappa shape index (κ3) is 3.52. The lowest BCUT2D eigenvalue weighted by Crippen LogP contribution is -2.49. The lowest BCUT2D eigenvalue weighted by Gasteiger charge is -2.18. The number of nitrogens with zero attached hydrogens (tertiary/aromatic N) is 3. The van der Waals surface area contributed by atoms with Gasteiger partial charge in [-0.1, -0.05) is 16.9 Å². The van der Waals surface area contributed by atoms with Crippen LogP contribution in [0, 0.1) is 19.9 Å². The molecule has 0 saturated carbocycles. The maximum absolute atomic E-state index is 10.7. The van der Waals surface area contributed by atoms with Crippen LogP contribution in [-0.2, 0) is 9.53 Å². The van der Waals surface area contributed by atoms with Crippen molar-refractivity contribution >= 4 is 5.97 Å². The summed E-state index contributed by atoms with van der Waals surface area (Å²) in [7, 11) is 0. The van der Waals surface area contributed by atoms with Crippen molar-refractivity contribution in [3.8, 4) is 0 Å². The smallest absolute Gasteiger partial charge is 0.330 e. The van der Waals surface area contributed by atoms with Gasteiger partial charge >= 0.3 is 11.5 Å². The summed E-state index contributed by atoms with van der Waals surface area (Å²) in [4.78, 5) is 40.6. The zero-order chi connectivity index (χ0) is 12.6. The van der Waals surface area contributed by atoms with Crippen LogP contribution in [0.5, 0.6) is 0 Å². The van der Waals surface area contributed by atoms with Gasteiger partial charge in [0.15, 0.2) is 19.7 Å². The first-order valence-electron chi connectivity index (χ1n) is 4.04. The van der Waals surface area contributed by atoms with Gasteiger partial charge in [-0.05, 0) is 0 Å². The molecular formula is C7H9N3O6. The van der Waals surface area contributed by atoms with Gasteiger partial charge in [-0.2, -0.15) is 9.81 Å². The van der Waals surface area contributed by atoms with Crippen LogP contribution in [-0.4, -0.2) is 36.1 Å². The van der Waals surface area contributed by atoms with Crippen molar-refractivity contribution in [3.05, 3.63) is 32.6 Å². The summed E-state index contributed by atoms with van der Waals surface area (Å²) < 4.78 is 4.43. The number of ether oxygens (including phenoxy) is 1. The molecule has 0 N–H and O–H groups in total. The molecule has 0 aromatic carbocycles. The molecule has 0 saturated heterocycles. The molecule has 0 amide bonds. The van der Waals surface area contributed by atoms with Crippen LogP contribution in [0.2, 0.25) is 0 Å². The number of esters is 1. The molecule has 88 valence electrons.